The van der Waals surface area contributed by atoms with Crippen LogP contribution in [0.25, 0.3) is 0 Å². The number of rotatable bonds is 18. The standard InChI is InChI=1S/2C10H22N.BrH.Nd/c2*1-3-5-7-9-11-10-8-6-4-2;;/h2*3-10H2,1-2H3;1H;/q2*-1;;+2. The van der Waals surface area contributed by atoms with Gasteiger partial charge < -0.3 is 0 Å². The van der Waals surface area contributed by atoms with Crippen LogP contribution in [0.3, 0.4) is 0 Å². The summed E-state index contributed by atoms with van der Waals surface area (Å²) in [4.78, 5) is 0. The fourth-order valence-electron chi connectivity index (χ4n) is 2.83. The number of unbranched alkanes of at least 4 members (excludes halogenated alkanes) is 8. The van der Waals surface area contributed by atoms with Crippen molar-refractivity contribution in [2.24, 2.45) is 0 Å². The Morgan fingerprint density at radius 1 is 0.458 bits per heavy atom. The molecule has 146 valence electrons. The van der Waals surface area contributed by atoms with Crippen LogP contribution in [0.4, 0.5) is 0 Å². The van der Waals surface area contributed by atoms with Gasteiger partial charge in [0, 0.05) is 0 Å². The average molecular weight is 538 g/mol. The zero-order valence-corrected chi connectivity index (χ0v) is 22.0. The van der Waals surface area contributed by atoms with E-state index in [9.17, 15) is 0 Å². The molecule has 0 aromatic heterocycles. The van der Waals surface area contributed by atoms with Crippen molar-refractivity contribution in [1.82, 2.24) is 1.97 Å². The monoisotopic (exact) mass is 534 g/mol. The molecule has 0 aromatic rings. The Bertz CT molecular complexity index is 188. The van der Waals surface area contributed by atoms with Crippen LogP contribution in [0, 0.1) is 37.5 Å². The molecule has 2 nitrogen and oxygen atoms in total. The molecule has 0 aliphatic heterocycles. The second-order valence-corrected chi connectivity index (χ2v) is 11.6. The zero-order valence-electron chi connectivity index (χ0n) is 17.1. The summed E-state index contributed by atoms with van der Waals surface area (Å²) in [6.45, 7) is 14.8. The van der Waals surface area contributed by atoms with Gasteiger partial charge in [0.25, 0.3) is 0 Å². The van der Waals surface area contributed by atoms with Crippen LogP contribution in [0.1, 0.15) is 105 Å². The Labute approximate surface area is 185 Å². The molecule has 4 heteroatoms. The van der Waals surface area contributed by atoms with E-state index in [1.165, 1.54) is 103 Å². The molecule has 0 bridgehead atoms. The molecule has 0 heterocycles. The van der Waals surface area contributed by atoms with Crippen molar-refractivity contribution in [3.8, 4) is 0 Å². The van der Waals surface area contributed by atoms with Crippen LogP contribution in [-0.4, -0.2) is 28.1 Å². The summed E-state index contributed by atoms with van der Waals surface area (Å²) in [5, 5.41) is 0. The van der Waals surface area contributed by atoms with Crippen LogP contribution >= 0.6 is 17.0 Å². The molecule has 0 rings (SSSR count). The van der Waals surface area contributed by atoms with Gasteiger partial charge in [0.15, 0.2) is 0 Å². The SMILES string of the molecule is Br.CCCCC[N](CCCCC)[Nd][N](CCCCC)CCCCC. The Kier molecular flexibility index (Phi) is 26.6. The quantitative estimate of drug-likeness (QED) is 0.177. The minimum absolute atomic E-state index is 0. The van der Waals surface area contributed by atoms with Crippen LogP contribution in [0.5, 0.6) is 0 Å². The van der Waals surface area contributed by atoms with Gasteiger partial charge in [-0.3, -0.25) is 0 Å². The molecule has 0 atom stereocenters. The second-order valence-electron chi connectivity index (χ2n) is 6.90. The zero-order chi connectivity index (χ0) is 17.2. The third-order valence-corrected chi connectivity index (χ3v) is 9.09. The number of hydrogen-bond donors (Lipinski definition) is 0. The van der Waals surface area contributed by atoms with Gasteiger partial charge in [0.2, 0.25) is 0 Å². The molecule has 0 saturated heterocycles. The van der Waals surface area contributed by atoms with E-state index in [4.69, 9.17) is 0 Å². The van der Waals surface area contributed by atoms with Crippen LogP contribution in [-0.2, 0) is 0 Å². The first-order valence-corrected chi connectivity index (χ1v) is 13.4. The summed E-state index contributed by atoms with van der Waals surface area (Å²) in [7, 11) is 0. The summed E-state index contributed by atoms with van der Waals surface area (Å²) < 4.78 is 5.87. The second kappa shape index (κ2) is 22.8. The number of halogens is 1. The van der Waals surface area contributed by atoms with Crippen molar-refractivity contribution in [2.75, 3.05) is 26.2 Å². The molecular weight excluding hydrogens is 492 g/mol. The van der Waals surface area contributed by atoms with E-state index in [1.807, 2.05) is 0 Å². The molecule has 0 spiro atoms. The van der Waals surface area contributed by atoms with Crippen molar-refractivity contribution >= 4 is 17.0 Å². The van der Waals surface area contributed by atoms with Crippen LogP contribution in [0.15, 0.2) is 0 Å². The predicted molar refractivity (Wildman–Crippen MR) is 112 cm³/mol. The van der Waals surface area contributed by atoms with Crippen LogP contribution in [0.2, 0.25) is 0 Å². The van der Waals surface area contributed by atoms with Gasteiger partial charge in [0.05, 0.1) is 0 Å². The van der Waals surface area contributed by atoms with Crippen molar-refractivity contribution in [3.63, 3.8) is 0 Å². The van der Waals surface area contributed by atoms with Gasteiger partial charge in [-0.05, 0) is 0 Å². The van der Waals surface area contributed by atoms with Crippen LogP contribution < -0.4 is 0 Å². The molecular formula is C20H45BrN2Nd. The first-order chi connectivity index (χ1) is 11.3. The van der Waals surface area contributed by atoms with Gasteiger partial charge in [-0.15, -0.1) is 17.0 Å². The topological polar surface area (TPSA) is 6.48 Å². The molecule has 0 saturated carbocycles. The van der Waals surface area contributed by atoms with Crippen molar-refractivity contribution in [1.29, 1.82) is 0 Å². The normalized spacial score (nSPS) is 11.1. The minimum atomic E-state index is -0.772. The summed E-state index contributed by atoms with van der Waals surface area (Å²) >= 11 is -0.772. The van der Waals surface area contributed by atoms with Gasteiger partial charge in [0.1, 0.15) is 0 Å². The summed E-state index contributed by atoms with van der Waals surface area (Å²) in [5.74, 6) is 0. The number of hydrogen-bond acceptors (Lipinski definition) is 2. The molecule has 0 fully saturated rings. The molecule has 0 unspecified atom stereocenters. The first kappa shape index (κ1) is 28.0. The third kappa shape index (κ3) is 18.5. The van der Waals surface area contributed by atoms with E-state index in [-0.39, 0.29) is 17.0 Å². The Hall–Kier alpha value is 1.75. The summed E-state index contributed by atoms with van der Waals surface area (Å²) in [6.07, 6.45) is 16.8. The van der Waals surface area contributed by atoms with E-state index in [0.717, 1.165) is 0 Å². The fourth-order valence-corrected chi connectivity index (χ4v) is 7.43. The Morgan fingerprint density at radius 2 is 0.708 bits per heavy atom. The molecule has 0 N–H and O–H groups in total. The predicted octanol–water partition coefficient (Wildman–Crippen LogP) is 6.84. The van der Waals surface area contributed by atoms with E-state index in [1.54, 1.807) is 0 Å². The fraction of sp³-hybridized carbons (Fsp3) is 1.00. The van der Waals surface area contributed by atoms with E-state index < -0.39 is 37.5 Å². The molecule has 0 aromatic carbocycles. The first-order valence-electron chi connectivity index (χ1n) is 10.5. The van der Waals surface area contributed by atoms with E-state index in [0.29, 0.717) is 0 Å². The van der Waals surface area contributed by atoms with Gasteiger partial charge in [-0.1, -0.05) is 0 Å². The Morgan fingerprint density at radius 3 is 0.917 bits per heavy atom. The average Bonchev–Trinajstić information content (AvgIpc) is 2.55. The molecule has 0 amide bonds. The molecule has 0 aliphatic rings. The van der Waals surface area contributed by atoms with E-state index in [2.05, 4.69) is 29.7 Å². The van der Waals surface area contributed by atoms with Crippen molar-refractivity contribution < 1.29 is 37.5 Å². The third-order valence-electron chi connectivity index (χ3n) is 4.41. The maximum absolute atomic E-state index is 2.93. The maximum atomic E-state index is 2.93. The molecule has 0 radical (unpaired) electrons. The summed E-state index contributed by atoms with van der Waals surface area (Å²) in [5.41, 5.74) is 0. The van der Waals surface area contributed by atoms with Gasteiger partial charge in [-0.2, -0.15) is 0 Å². The molecule has 24 heavy (non-hydrogen) atoms. The number of nitrogens with zero attached hydrogens (tertiary/aromatic N) is 2. The van der Waals surface area contributed by atoms with Crippen molar-refractivity contribution in [3.05, 3.63) is 0 Å². The van der Waals surface area contributed by atoms with Crippen molar-refractivity contribution in [2.45, 2.75) is 105 Å². The van der Waals surface area contributed by atoms with Gasteiger partial charge in [-0.25, -0.2) is 0 Å². The van der Waals surface area contributed by atoms with Gasteiger partial charge >= 0.3 is 170 Å². The Balaban J connectivity index is 0. The van der Waals surface area contributed by atoms with E-state index >= 15 is 0 Å². The molecule has 0 aliphatic carbocycles. The summed E-state index contributed by atoms with van der Waals surface area (Å²) in [6, 6.07) is 0.